The molecule has 4 rings (SSSR count). The molecule has 1 heterocycles. The molecule has 0 aromatic heterocycles. The highest BCUT2D eigenvalue weighted by Crippen LogP contribution is 2.58. The van der Waals surface area contributed by atoms with Crippen molar-refractivity contribution < 1.29 is 17.9 Å². The highest BCUT2D eigenvalue weighted by atomic mass is 32.2. The van der Waals surface area contributed by atoms with E-state index < -0.39 is 20.7 Å². The number of amides is 1. The second kappa shape index (κ2) is 6.27. The summed E-state index contributed by atoms with van der Waals surface area (Å²) in [5, 5.41) is 2.77. The molecule has 142 valence electrons. The predicted molar refractivity (Wildman–Crippen MR) is 104 cm³/mol. The summed E-state index contributed by atoms with van der Waals surface area (Å²) in [6.07, 6.45) is 0.433. The summed E-state index contributed by atoms with van der Waals surface area (Å²) in [7, 11) is -3.75. The molecule has 0 radical (unpaired) electrons. The first-order valence-corrected chi connectivity index (χ1v) is 10.4. The number of rotatable bonds is 5. The van der Waals surface area contributed by atoms with Gasteiger partial charge in [-0.05, 0) is 56.7 Å². The number of nitrogens with one attached hydrogen (secondary N) is 1. The van der Waals surface area contributed by atoms with E-state index in [-0.39, 0.29) is 12.0 Å². The molecule has 2 aromatic carbocycles. The molecule has 1 N–H and O–H groups in total. The minimum Gasteiger partial charge on any atom is -0.491 e. The smallest absolute Gasteiger partial charge is 0.250 e. The zero-order valence-electron chi connectivity index (χ0n) is 15.3. The van der Waals surface area contributed by atoms with Crippen LogP contribution in [0.1, 0.15) is 20.3 Å². The van der Waals surface area contributed by atoms with Gasteiger partial charge in [0.15, 0.2) is 4.75 Å². The number of sulfonamides is 1. The fourth-order valence-electron chi connectivity index (χ4n) is 3.69. The third-order valence-corrected chi connectivity index (χ3v) is 7.64. The third-order valence-electron chi connectivity index (χ3n) is 5.10. The first-order valence-electron chi connectivity index (χ1n) is 9.00. The average molecular weight is 386 g/mol. The van der Waals surface area contributed by atoms with Crippen molar-refractivity contribution in [2.45, 2.75) is 31.1 Å². The van der Waals surface area contributed by atoms with Crippen molar-refractivity contribution in [3.63, 3.8) is 0 Å². The summed E-state index contributed by atoms with van der Waals surface area (Å²) in [5.41, 5.74) is 1.16. The van der Waals surface area contributed by atoms with Gasteiger partial charge in [0.05, 0.1) is 11.8 Å². The van der Waals surface area contributed by atoms with Gasteiger partial charge in [-0.2, -0.15) is 0 Å². The van der Waals surface area contributed by atoms with E-state index in [2.05, 4.69) is 5.32 Å². The summed E-state index contributed by atoms with van der Waals surface area (Å²) in [5.74, 6) is 0.0731. The SMILES string of the molecule is CC(C)Oc1ccc(NC(=O)C23CC2CN(c2ccccc2)S3(=O)=O)cc1. The lowest BCUT2D eigenvalue weighted by atomic mass is 10.2. The Morgan fingerprint density at radius 3 is 2.44 bits per heavy atom. The van der Waals surface area contributed by atoms with Gasteiger partial charge in [-0.25, -0.2) is 8.42 Å². The summed E-state index contributed by atoms with van der Waals surface area (Å²) in [6, 6.07) is 15.9. The Labute approximate surface area is 159 Å². The van der Waals surface area contributed by atoms with Gasteiger partial charge in [0.1, 0.15) is 5.75 Å². The zero-order chi connectivity index (χ0) is 19.2. The molecule has 1 saturated carbocycles. The third kappa shape index (κ3) is 2.86. The Morgan fingerprint density at radius 2 is 1.81 bits per heavy atom. The van der Waals surface area contributed by atoms with Crippen molar-refractivity contribution in [1.82, 2.24) is 0 Å². The first kappa shape index (κ1) is 17.9. The normalized spacial score (nSPS) is 25.1. The lowest BCUT2D eigenvalue weighted by Gasteiger charge is -2.23. The molecule has 0 bridgehead atoms. The molecule has 6 nitrogen and oxygen atoms in total. The quantitative estimate of drug-likeness (QED) is 0.857. The highest BCUT2D eigenvalue weighted by Gasteiger charge is 2.75. The van der Waals surface area contributed by atoms with Crippen LogP contribution >= 0.6 is 0 Å². The monoisotopic (exact) mass is 386 g/mol. The number of hydrogen-bond donors (Lipinski definition) is 1. The second-order valence-corrected chi connectivity index (χ2v) is 9.43. The Kier molecular flexibility index (Phi) is 4.14. The first-order chi connectivity index (χ1) is 12.8. The zero-order valence-corrected chi connectivity index (χ0v) is 16.1. The number of fused-ring (bicyclic) bond motifs is 1. The van der Waals surface area contributed by atoms with Gasteiger partial charge in [-0.1, -0.05) is 18.2 Å². The van der Waals surface area contributed by atoms with Crippen molar-refractivity contribution in [2.75, 3.05) is 16.2 Å². The molecular weight excluding hydrogens is 364 g/mol. The number of carbonyl (C=O) groups is 1. The van der Waals surface area contributed by atoms with Gasteiger partial charge in [0.25, 0.3) is 0 Å². The van der Waals surface area contributed by atoms with E-state index in [0.717, 1.165) is 0 Å². The molecule has 2 fully saturated rings. The van der Waals surface area contributed by atoms with Crippen LogP contribution in [-0.2, 0) is 14.8 Å². The molecule has 2 unspecified atom stereocenters. The van der Waals surface area contributed by atoms with Crippen LogP contribution in [0.5, 0.6) is 5.75 Å². The Bertz CT molecular complexity index is 957. The molecule has 1 saturated heterocycles. The van der Waals surface area contributed by atoms with E-state index in [9.17, 15) is 13.2 Å². The Hall–Kier alpha value is -2.54. The van der Waals surface area contributed by atoms with E-state index in [1.54, 1.807) is 48.5 Å². The van der Waals surface area contributed by atoms with Gasteiger partial charge in [0.2, 0.25) is 15.9 Å². The molecule has 2 aliphatic rings. The molecule has 27 heavy (non-hydrogen) atoms. The number of ether oxygens (including phenoxy) is 1. The molecule has 2 aromatic rings. The van der Waals surface area contributed by atoms with Crippen LogP contribution in [0.2, 0.25) is 0 Å². The molecule has 7 heteroatoms. The van der Waals surface area contributed by atoms with E-state index in [0.29, 0.717) is 30.1 Å². The summed E-state index contributed by atoms with van der Waals surface area (Å²) < 4.78 is 31.8. The Morgan fingerprint density at radius 1 is 1.15 bits per heavy atom. The molecule has 1 aliphatic carbocycles. The van der Waals surface area contributed by atoms with Crippen molar-refractivity contribution in [1.29, 1.82) is 0 Å². The van der Waals surface area contributed by atoms with E-state index in [1.165, 1.54) is 4.31 Å². The number of anilines is 2. The topological polar surface area (TPSA) is 75.7 Å². The fourth-order valence-corrected chi connectivity index (χ4v) is 6.05. The largest absolute Gasteiger partial charge is 0.491 e. The second-order valence-electron chi connectivity index (χ2n) is 7.31. The summed E-state index contributed by atoms with van der Waals surface area (Å²) >= 11 is 0. The minimum absolute atomic E-state index is 0.0594. The molecule has 2 atom stereocenters. The maximum Gasteiger partial charge on any atom is 0.250 e. The van der Waals surface area contributed by atoms with Crippen LogP contribution in [0.3, 0.4) is 0 Å². The van der Waals surface area contributed by atoms with Gasteiger partial charge >= 0.3 is 0 Å². The maximum absolute atomic E-state index is 13.1. The maximum atomic E-state index is 13.1. The van der Waals surface area contributed by atoms with Crippen molar-refractivity contribution in [3.05, 3.63) is 54.6 Å². The van der Waals surface area contributed by atoms with Gasteiger partial charge in [-0.3, -0.25) is 9.10 Å². The van der Waals surface area contributed by atoms with E-state index in [1.807, 2.05) is 19.9 Å². The highest BCUT2D eigenvalue weighted by molar-refractivity contribution is 7.95. The fraction of sp³-hybridized carbons (Fsp3) is 0.350. The van der Waals surface area contributed by atoms with Gasteiger partial charge in [-0.15, -0.1) is 0 Å². The number of nitrogens with zero attached hydrogens (tertiary/aromatic N) is 1. The number of hydrogen-bond acceptors (Lipinski definition) is 4. The predicted octanol–water partition coefficient (Wildman–Crippen LogP) is 3.02. The summed E-state index contributed by atoms with van der Waals surface area (Å²) in [6.45, 7) is 4.22. The van der Waals surface area contributed by atoms with Crippen LogP contribution in [0.15, 0.2) is 54.6 Å². The molecule has 1 amide bonds. The Balaban J connectivity index is 1.53. The summed E-state index contributed by atoms with van der Waals surface area (Å²) in [4.78, 5) is 12.9. The average Bonchev–Trinajstić information content (AvgIpc) is 3.33. The molecule has 0 spiro atoms. The van der Waals surface area contributed by atoms with Crippen LogP contribution < -0.4 is 14.4 Å². The lowest BCUT2D eigenvalue weighted by Crippen LogP contribution is -2.42. The van der Waals surface area contributed by atoms with Crippen molar-refractivity contribution >= 4 is 27.3 Å². The number of para-hydroxylation sites is 1. The standard InChI is InChI=1S/C20H22N2O4S/c1-14(2)26-18-10-8-16(9-11-18)21-19(23)20-12-15(20)13-22(27(20,24)25)17-6-4-3-5-7-17/h3-11,14-15H,12-13H2,1-2H3,(H,21,23). The molecule has 1 aliphatic heterocycles. The van der Waals surface area contributed by atoms with Crippen molar-refractivity contribution in [3.8, 4) is 5.75 Å². The van der Waals surface area contributed by atoms with Gasteiger partial charge < -0.3 is 10.1 Å². The van der Waals surface area contributed by atoms with Crippen molar-refractivity contribution in [2.24, 2.45) is 5.92 Å². The number of carbonyl (C=O) groups excluding carboxylic acids is 1. The van der Waals surface area contributed by atoms with Crippen LogP contribution in [0, 0.1) is 5.92 Å². The van der Waals surface area contributed by atoms with Crippen LogP contribution in [-0.4, -0.2) is 31.7 Å². The van der Waals surface area contributed by atoms with E-state index >= 15 is 0 Å². The lowest BCUT2D eigenvalue weighted by molar-refractivity contribution is -0.116. The van der Waals surface area contributed by atoms with Crippen LogP contribution in [0.25, 0.3) is 0 Å². The van der Waals surface area contributed by atoms with Crippen LogP contribution in [0.4, 0.5) is 11.4 Å². The molecular formula is C20H22N2O4S. The van der Waals surface area contributed by atoms with E-state index in [4.69, 9.17) is 4.74 Å². The van der Waals surface area contributed by atoms with Gasteiger partial charge in [0, 0.05) is 18.2 Å². The minimum atomic E-state index is -3.75. The number of benzene rings is 2.